The van der Waals surface area contributed by atoms with Gasteiger partial charge in [0.1, 0.15) is 0 Å². The lowest BCUT2D eigenvalue weighted by molar-refractivity contribution is 0.0696. The lowest BCUT2D eigenvalue weighted by Crippen LogP contribution is -2.02. The number of carboxylic acids is 1. The van der Waals surface area contributed by atoms with Crippen molar-refractivity contribution in [3.05, 3.63) is 65.1 Å². The molecule has 0 aliphatic rings. The van der Waals surface area contributed by atoms with Crippen LogP contribution in [0, 0.1) is 0 Å². The summed E-state index contributed by atoms with van der Waals surface area (Å²) in [7, 11) is 0. The van der Waals surface area contributed by atoms with Gasteiger partial charge in [-0.25, -0.2) is 4.79 Å². The van der Waals surface area contributed by atoms with Gasteiger partial charge < -0.3 is 9.67 Å². The number of rotatable bonds is 3. The summed E-state index contributed by atoms with van der Waals surface area (Å²) in [5.74, 6) is -0.967. The van der Waals surface area contributed by atoms with Crippen LogP contribution in [0.1, 0.15) is 16.1 Å². The fourth-order valence-corrected chi connectivity index (χ4v) is 2.31. The van der Waals surface area contributed by atoms with E-state index in [0.717, 1.165) is 16.6 Å². The maximum atomic E-state index is 10.8. The first-order valence-corrected chi connectivity index (χ1v) is 6.44. The van der Waals surface area contributed by atoms with E-state index in [2.05, 4.69) is 9.55 Å². The van der Waals surface area contributed by atoms with Crippen molar-refractivity contribution in [2.75, 3.05) is 0 Å². The molecule has 0 bridgehead atoms. The molecule has 0 saturated carbocycles. The Kier molecular flexibility index (Phi) is 3.16. The fraction of sp³-hybridized carbons (Fsp3) is 0.0667. The van der Waals surface area contributed by atoms with E-state index in [0.29, 0.717) is 11.6 Å². The van der Waals surface area contributed by atoms with E-state index in [1.807, 2.05) is 30.5 Å². The molecule has 2 heterocycles. The number of carbonyl (C=O) groups is 1. The highest BCUT2D eigenvalue weighted by molar-refractivity contribution is 6.31. The second kappa shape index (κ2) is 4.98. The van der Waals surface area contributed by atoms with E-state index in [-0.39, 0.29) is 5.56 Å². The van der Waals surface area contributed by atoms with E-state index in [4.69, 9.17) is 16.7 Å². The number of aromatic nitrogens is 2. The van der Waals surface area contributed by atoms with Crippen LogP contribution in [0.15, 0.2) is 48.8 Å². The molecule has 20 heavy (non-hydrogen) atoms. The summed E-state index contributed by atoms with van der Waals surface area (Å²) < 4.78 is 2.05. The smallest absolute Gasteiger partial charge is 0.337 e. The highest BCUT2D eigenvalue weighted by Gasteiger charge is 2.05. The number of pyridine rings is 1. The minimum atomic E-state index is -0.967. The highest BCUT2D eigenvalue weighted by atomic mass is 35.5. The first-order chi connectivity index (χ1) is 9.63. The van der Waals surface area contributed by atoms with Crippen LogP contribution < -0.4 is 0 Å². The van der Waals surface area contributed by atoms with Gasteiger partial charge in [-0.2, -0.15) is 0 Å². The maximum Gasteiger partial charge on any atom is 0.337 e. The molecule has 0 radical (unpaired) electrons. The van der Waals surface area contributed by atoms with Crippen molar-refractivity contribution in [2.45, 2.75) is 6.54 Å². The van der Waals surface area contributed by atoms with Crippen LogP contribution in [-0.2, 0) is 6.54 Å². The second-order valence-electron chi connectivity index (χ2n) is 4.49. The predicted octanol–water partition coefficient (Wildman–Crippen LogP) is 3.44. The van der Waals surface area contributed by atoms with Gasteiger partial charge in [0.25, 0.3) is 0 Å². The number of fused-ring (bicyclic) bond motifs is 1. The number of aromatic carboxylic acids is 1. The molecule has 2 aromatic heterocycles. The van der Waals surface area contributed by atoms with Crippen molar-refractivity contribution in [1.82, 2.24) is 9.55 Å². The lowest BCUT2D eigenvalue weighted by Gasteiger charge is -2.05. The first kappa shape index (κ1) is 12.7. The molecule has 0 atom stereocenters. The quantitative estimate of drug-likeness (QED) is 0.802. The van der Waals surface area contributed by atoms with Gasteiger partial charge >= 0.3 is 5.97 Å². The molecule has 0 unspecified atom stereocenters. The lowest BCUT2D eigenvalue weighted by atomic mass is 10.2. The fourth-order valence-electron chi connectivity index (χ4n) is 2.13. The number of halogens is 1. The summed E-state index contributed by atoms with van der Waals surface area (Å²) in [6.07, 6.45) is 3.34. The van der Waals surface area contributed by atoms with Crippen LogP contribution in [0.5, 0.6) is 0 Å². The zero-order chi connectivity index (χ0) is 14.1. The van der Waals surface area contributed by atoms with Crippen molar-refractivity contribution in [3.8, 4) is 0 Å². The molecule has 100 valence electrons. The van der Waals surface area contributed by atoms with Crippen molar-refractivity contribution in [1.29, 1.82) is 0 Å². The molecule has 4 nitrogen and oxygen atoms in total. The summed E-state index contributed by atoms with van der Waals surface area (Å²) in [4.78, 5) is 14.9. The van der Waals surface area contributed by atoms with Crippen LogP contribution >= 0.6 is 11.6 Å². The zero-order valence-electron chi connectivity index (χ0n) is 10.5. The third-order valence-corrected chi connectivity index (χ3v) is 3.37. The Labute approximate surface area is 120 Å². The van der Waals surface area contributed by atoms with Crippen LogP contribution in [-0.4, -0.2) is 20.6 Å². The van der Waals surface area contributed by atoms with Crippen molar-refractivity contribution < 1.29 is 9.90 Å². The SMILES string of the molecule is O=C(O)c1ccc(Cn2ccc3cc(Cl)ccc32)nc1. The van der Waals surface area contributed by atoms with Gasteiger partial charge in [-0.15, -0.1) is 0 Å². The van der Waals surface area contributed by atoms with Crippen LogP contribution in [0.4, 0.5) is 0 Å². The second-order valence-corrected chi connectivity index (χ2v) is 4.93. The van der Waals surface area contributed by atoms with Gasteiger partial charge in [0.2, 0.25) is 0 Å². The largest absolute Gasteiger partial charge is 0.478 e. The first-order valence-electron chi connectivity index (χ1n) is 6.06. The predicted molar refractivity (Wildman–Crippen MR) is 77.2 cm³/mol. The number of benzene rings is 1. The van der Waals surface area contributed by atoms with Crippen molar-refractivity contribution in [2.24, 2.45) is 0 Å². The minimum Gasteiger partial charge on any atom is -0.478 e. The van der Waals surface area contributed by atoms with Crippen LogP contribution in [0.2, 0.25) is 5.02 Å². The number of nitrogens with zero attached hydrogens (tertiary/aromatic N) is 2. The summed E-state index contributed by atoms with van der Waals surface area (Å²) >= 11 is 5.96. The van der Waals surface area contributed by atoms with Crippen LogP contribution in [0.3, 0.4) is 0 Å². The molecular formula is C15H11ClN2O2. The molecule has 0 aliphatic heterocycles. The third kappa shape index (κ3) is 2.38. The Morgan fingerprint density at radius 1 is 1.25 bits per heavy atom. The maximum absolute atomic E-state index is 10.8. The zero-order valence-corrected chi connectivity index (χ0v) is 11.2. The number of carboxylic acid groups (broad SMARTS) is 1. The van der Waals surface area contributed by atoms with E-state index < -0.39 is 5.97 Å². The van der Waals surface area contributed by atoms with Crippen LogP contribution in [0.25, 0.3) is 10.9 Å². The molecule has 3 aromatic rings. The molecule has 0 saturated heterocycles. The summed E-state index contributed by atoms with van der Waals surface area (Å²) in [6, 6.07) is 11.0. The van der Waals surface area contributed by atoms with Gasteiger partial charge in [-0.1, -0.05) is 11.6 Å². The average molecular weight is 287 g/mol. The standard InChI is InChI=1S/C15H11ClN2O2/c16-12-2-4-14-10(7-12)5-6-18(14)9-13-3-1-11(8-17-13)15(19)20/h1-8H,9H2,(H,19,20). The summed E-state index contributed by atoms with van der Waals surface area (Å²) in [5.41, 5.74) is 2.07. The molecule has 1 N–H and O–H groups in total. The van der Waals surface area contributed by atoms with Crippen molar-refractivity contribution in [3.63, 3.8) is 0 Å². The van der Waals surface area contributed by atoms with E-state index in [1.165, 1.54) is 6.20 Å². The number of hydrogen-bond acceptors (Lipinski definition) is 2. The third-order valence-electron chi connectivity index (χ3n) is 3.14. The Morgan fingerprint density at radius 3 is 2.80 bits per heavy atom. The molecule has 3 rings (SSSR count). The number of hydrogen-bond donors (Lipinski definition) is 1. The van der Waals surface area contributed by atoms with E-state index in [1.54, 1.807) is 12.1 Å². The molecule has 5 heteroatoms. The Balaban J connectivity index is 1.91. The normalized spacial score (nSPS) is 10.8. The molecule has 0 amide bonds. The van der Waals surface area contributed by atoms with Gasteiger partial charge in [-0.3, -0.25) is 4.98 Å². The van der Waals surface area contributed by atoms with Gasteiger partial charge in [0, 0.05) is 28.3 Å². The Hall–Kier alpha value is -2.33. The monoisotopic (exact) mass is 286 g/mol. The summed E-state index contributed by atoms with van der Waals surface area (Å²) in [6.45, 7) is 0.588. The Morgan fingerprint density at radius 2 is 2.10 bits per heavy atom. The van der Waals surface area contributed by atoms with E-state index in [9.17, 15) is 4.79 Å². The van der Waals surface area contributed by atoms with E-state index >= 15 is 0 Å². The van der Waals surface area contributed by atoms with Gasteiger partial charge in [0.05, 0.1) is 17.8 Å². The Bertz CT molecular complexity index is 778. The average Bonchev–Trinajstić information content (AvgIpc) is 2.81. The van der Waals surface area contributed by atoms with Gasteiger partial charge in [0.15, 0.2) is 0 Å². The molecule has 1 aromatic carbocycles. The molecular weight excluding hydrogens is 276 g/mol. The molecule has 0 aliphatic carbocycles. The minimum absolute atomic E-state index is 0.192. The summed E-state index contributed by atoms with van der Waals surface area (Å²) in [5, 5.41) is 10.6. The topological polar surface area (TPSA) is 55.1 Å². The molecule has 0 spiro atoms. The van der Waals surface area contributed by atoms with Crippen molar-refractivity contribution >= 4 is 28.5 Å². The molecule has 0 fully saturated rings. The van der Waals surface area contributed by atoms with Gasteiger partial charge in [-0.05, 0) is 36.4 Å². The highest BCUT2D eigenvalue weighted by Crippen LogP contribution is 2.21.